The smallest absolute Gasteiger partial charge is 0.343 e. The van der Waals surface area contributed by atoms with Crippen molar-refractivity contribution in [3.63, 3.8) is 0 Å². The van der Waals surface area contributed by atoms with Gasteiger partial charge in [0, 0.05) is 17.1 Å². The van der Waals surface area contributed by atoms with Crippen molar-refractivity contribution in [2.75, 3.05) is 0 Å². The van der Waals surface area contributed by atoms with Crippen LogP contribution in [0.4, 0.5) is 8.78 Å². The van der Waals surface area contributed by atoms with Crippen LogP contribution in [-0.4, -0.2) is 11.8 Å². The molecule has 0 saturated heterocycles. The van der Waals surface area contributed by atoms with Gasteiger partial charge in [-0.2, -0.15) is 0 Å². The number of hydrogen-bond acceptors (Lipinski definition) is 3. The normalized spacial score (nSPS) is 12.0. The Balaban J connectivity index is 2.36. The average molecular weight is 344 g/mol. The molecule has 0 aliphatic heterocycles. The Morgan fingerprint density at radius 2 is 1.28 bits per heavy atom. The van der Waals surface area contributed by atoms with Crippen molar-refractivity contribution in [1.29, 1.82) is 0 Å². The van der Waals surface area contributed by atoms with E-state index in [9.17, 15) is 18.4 Å². The standard InChI is InChI=1S/C20H18F2O3/c1-20(2,3)18(23)12-17(13-4-8-15(21)9-5-13)25-19(24)14-6-10-16(22)11-7-14/h4-12H,1-3H3/b17-12-. The molecule has 0 heterocycles. The van der Waals surface area contributed by atoms with Crippen LogP contribution in [0.2, 0.25) is 0 Å². The van der Waals surface area contributed by atoms with Crippen LogP contribution in [-0.2, 0) is 9.53 Å². The number of ether oxygens (including phenoxy) is 1. The highest BCUT2D eigenvalue weighted by Gasteiger charge is 2.22. The van der Waals surface area contributed by atoms with Gasteiger partial charge in [0.2, 0.25) is 0 Å². The lowest BCUT2D eigenvalue weighted by Gasteiger charge is -2.15. The minimum atomic E-state index is -0.739. The fraction of sp³-hybridized carbons (Fsp3) is 0.200. The lowest BCUT2D eigenvalue weighted by Crippen LogP contribution is -2.18. The monoisotopic (exact) mass is 344 g/mol. The summed E-state index contributed by atoms with van der Waals surface area (Å²) < 4.78 is 31.4. The van der Waals surface area contributed by atoms with Crippen molar-refractivity contribution in [2.45, 2.75) is 20.8 Å². The van der Waals surface area contributed by atoms with E-state index in [0.717, 1.165) is 12.1 Å². The van der Waals surface area contributed by atoms with E-state index in [-0.39, 0.29) is 17.1 Å². The van der Waals surface area contributed by atoms with Crippen LogP contribution >= 0.6 is 0 Å². The molecule has 2 rings (SSSR count). The summed E-state index contributed by atoms with van der Waals surface area (Å²) >= 11 is 0. The number of benzene rings is 2. The van der Waals surface area contributed by atoms with E-state index in [1.807, 2.05) is 0 Å². The molecule has 0 fully saturated rings. The summed E-state index contributed by atoms with van der Waals surface area (Å²) in [6.07, 6.45) is 1.22. The molecular weight excluding hydrogens is 326 g/mol. The molecule has 0 radical (unpaired) electrons. The first kappa shape index (κ1) is 18.5. The summed E-state index contributed by atoms with van der Waals surface area (Å²) in [7, 11) is 0. The highest BCUT2D eigenvalue weighted by molar-refractivity contribution is 6.01. The predicted octanol–water partition coefficient (Wildman–Crippen LogP) is 4.78. The number of carbonyl (C=O) groups is 2. The Labute approximate surface area is 144 Å². The molecule has 3 nitrogen and oxygen atoms in total. The summed E-state index contributed by atoms with van der Waals surface area (Å²) in [5, 5.41) is 0. The Kier molecular flexibility index (Phi) is 5.47. The van der Waals surface area contributed by atoms with Crippen LogP contribution in [0.25, 0.3) is 5.76 Å². The first-order chi connectivity index (χ1) is 11.7. The summed E-state index contributed by atoms with van der Waals surface area (Å²) in [4.78, 5) is 24.6. The SMILES string of the molecule is CC(C)(C)C(=O)/C=C(\OC(=O)c1ccc(F)cc1)c1ccc(F)cc1. The third-order valence-corrected chi connectivity index (χ3v) is 3.41. The molecule has 2 aromatic carbocycles. The van der Waals surface area contributed by atoms with Crippen LogP contribution in [0.3, 0.4) is 0 Å². The van der Waals surface area contributed by atoms with Crippen molar-refractivity contribution in [3.05, 3.63) is 77.4 Å². The van der Waals surface area contributed by atoms with Crippen LogP contribution in [0.5, 0.6) is 0 Å². The number of halogens is 2. The molecule has 0 saturated carbocycles. The summed E-state index contributed by atoms with van der Waals surface area (Å²) in [6.45, 7) is 5.20. The van der Waals surface area contributed by atoms with Crippen molar-refractivity contribution in [3.8, 4) is 0 Å². The van der Waals surface area contributed by atoms with E-state index in [2.05, 4.69) is 0 Å². The number of allylic oxidation sites excluding steroid dienone is 1. The summed E-state index contributed by atoms with van der Waals surface area (Å²) in [5.74, 6) is -1.91. The van der Waals surface area contributed by atoms with E-state index in [4.69, 9.17) is 4.74 Å². The Morgan fingerprint density at radius 1 is 0.840 bits per heavy atom. The molecule has 0 aliphatic carbocycles. The third kappa shape index (κ3) is 5.08. The molecule has 0 aromatic heterocycles. The molecule has 130 valence electrons. The molecule has 0 bridgehead atoms. The molecule has 0 N–H and O–H groups in total. The molecule has 25 heavy (non-hydrogen) atoms. The van der Waals surface area contributed by atoms with Crippen molar-refractivity contribution in [2.24, 2.45) is 5.41 Å². The van der Waals surface area contributed by atoms with Crippen molar-refractivity contribution >= 4 is 17.5 Å². The number of rotatable bonds is 4. The zero-order valence-corrected chi connectivity index (χ0v) is 14.2. The molecule has 0 spiro atoms. The zero-order chi connectivity index (χ0) is 18.6. The number of esters is 1. The summed E-state index contributed by atoms with van der Waals surface area (Å²) in [6, 6.07) is 10.1. The number of ketones is 1. The second kappa shape index (κ2) is 7.38. The maximum Gasteiger partial charge on any atom is 0.343 e. The van der Waals surface area contributed by atoms with E-state index >= 15 is 0 Å². The van der Waals surface area contributed by atoms with Crippen molar-refractivity contribution < 1.29 is 23.1 Å². The van der Waals surface area contributed by atoms with Crippen molar-refractivity contribution in [1.82, 2.24) is 0 Å². The molecule has 0 amide bonds. The van der Waals surface area contributed by atoms with Gasteiger partial charge in [-0.15, -0.1) is 0 Å². The van der Waals surface area contributed by atoms with Gasteiger partial charge in [-0.3, -0.25) is 4.79 Å². The minimum absolute atomic E-state index is 0.00856. The third-order valence-electron chi connectivity index (χ3n) is 3.41. The Bertz CT molecular complexity index is 798. The fourth-order valence-electron chi connectivity index (χ4n) is 1.87. The topological polar surface area (TPSA) is 43.4 Å². The van der Waals surface area contributed by atoms with E-state index in [1.165, 1.54) is 42.5 Å². The van der Waals surface area contributed by atoms with Gasteiger partial charge in [0.05, 0.1) is 5.56 Å². The van der Waals surface area contributed by atoms with Crippen LogP contribution in [0.1, 0.15) is 36.7 Å². The van der Waals surface area contributed by atoms with Gasteiger partial charge in [-0.05, 0) is 48.5 Å². The van der Waals surface area contributed by atoms with Gasteiger partial charge in [0.15, 0.2) is 5.78 Å². The molecule has 0 unspecified atom stereocenters. The summed E-state index contributed by atoms with van der Waals surface area (Å²) in [5.41, 5.74) is -0.153. The highest BCUT2D eigenvalue weighted by atomic mass is 19.1. The van der Waals surface area contributed by atoms with Crippen LogP contribution in [0, 0.1) is 17.0 Å². The van der Waals surface area contributed by atoms with Crippen LogP contribution < -0.4 is 0 Å². The predicted molar refractivity (Wildman–Crippen MR) is 90.7 cm³/mol. The van der Waals surface area contributed by atoms with Gasteiger partial charge in [0.1, 0.15) is 17.4 Å². The van der Waals surface area contributed by atoms with Gasteiger partial charge in [-0.25, -0.2) is 13.6 Å². The molecular formula is C20H18F2O3. The van der Waals surface area contributed by atoms with E-state index in [0.29, 0.717) is 5.56 Å². The lowest BCUT2D eigenvalue weighted by molar-refractivity contribution is -0.121. The maximum absolute atomic E-state index is 13.1. The maximum atomic E-state index is 13.1. The quantitative estimate of drug-likeness (QED) is 0.455. The van der Waals surface area contributed by atoms with E-state index < -0.39 is 23.0 Å². The van der Waals surface area contributed by atoms with Gasteiger partial charge in [0.25, 0.3) is 0 Å². The Hall–Kier alpha value is -2.82. The molecule has 5 heteroatoms. The molecule has 0 aliphatic rings. The highest BCUT2D eigenvalue weighted by Crippen LogP contribution is 2.23. The fourth-order valence-corrected chi connectivity index (χ4v) is 1.87. The molecule has 0 atom stereocenters. The van der Waals surface area contributed by atoms with Gasteiger partial charge >= 0.3 is 5.97 Å². The first-order valence-corrected chi connectivity index (χ1v) is 7.66. The second-order valence-electron chi connectivity index (χ2n) is 6.53. The van der Waals surface area contributed by atoms with E-state index in [1.54, 1.807) is 20.8 Å². The van der Waals surface area contributed by atoms with Gasteiger partial charge in [-0.1, -0.05) is 20.8 Å². The first-order valence-electron chi connectivity index (χ1n) is 7.66. The second-order valence-corrected chi connectivity index (χ2v) is 6.53. The molecule has 2 aromatic rings. The average Bonchev–Trinajstić information content (AvgIpc) is 2.54. The number of carbonyl (C=O) groups excluding carboxylic acids is 2. The van der Waals surface area contributed by atoms with Crippen LogP contribution in [0.15, 0.2) is 54.6 Å². The minimum Gasteiger partial charge on any atom is -0.422 e. The lowest BCUT2D eigenvalue weighted by atomic mass is 9.90. The zero-order valence-electron chi connectivity index (χ0n) is 14.2. The van der Waals surface area contributed by atoms with Gasteiger partial charge < -0.3 is 4.74 Å². The number of hydrogen-bond donors (Lipinski definition) is 0. The Morgan fingerprint density at radius 3 is 1.72 bits per heavy atom. The largest absolute Gasteiger partial charge is 0.422 e.